The van der Waals surface area contributed by atoms with Crippen molar-refractivity contribution in [2.45, 2.75) is 26.2 Å². The zero-order valence-electron chi connectivity index (χ0n) is 10.4. The van der Waals surface area contributed by atoms with Crippen molar-refractivity contribution < 1.29 is 4.42 Å². The number of benzene rings is 1. The maximum atomic E-state index is 5.49. The summed E-state index contributed by atoms with van der Waals surface area (Å²) < 4.78 is 5.49. The standard InChI is InChI=1S/C14H18N2O/c1-10-16-12-7-11(3-4-13(12)17-10)8-14(5-6-14)9-15-2/h3-4,7,15H,5-6,8-9H2,1-2H3. The first-order valence-electron chi connectivity index (χ1n) is 6.21. The second-order valence-corrected chi connectivity index (χ2v) is 5.24. The van der Waals surface area contributed by atoms with Gasteiger partial charge in [0, 0.05) is 13.5 Å². The van der Waals surface area contributed by atoms with Crippen LogP contribution in [0.3, 0.4) is 0 Å². The van der Waals surface area contributed by atoms with E-state index in [1.807, 2.05) is 20.0 Å². The molecule has 1 aliphatic rings. The molecular weight excluding hydrogens is 212 g/mol. The van der Waals surface area contributed by atoms with Crippen LogP contribution < -0.4 is 5.32 Å². The number of nitrogens with one attached hydrogen (secondary N) is 1. The molecule has 3 nitrogen and oxygen atoms in total. The van der Waals surface area contributed by atoms with E-state index in [0.29, 0.717) is 5.41 Å². The number of rotatable bonds is 4. The molecule has 0 unspecified atom stereocenters. The first kappa shape index (κ1) is 10.8. The monoisotopic (exact) mass is 230 g/mol. The molecule has 3 rings (SSSR count). The van der Waals surface area contributed by atoms with Gasteiger partial charge in [0.2, 0.25) is 0 Å². The van der Waals surface area contributed by atoms with Crippen molar-refractivity contribution in [3.05, 3.63) is 29.7 Å². The molecule has 1 aromatic carbocycles. The van der Waals surface area contributed by atoms with Crippen molar-refractivity contribution in [1.82, 2.24) is 10.3 Å². The van der Waals surface area contributed by atoms with Gasteiger partial charge in [-0.25, -0.2) is 4.98 Å². The molecule has 0 spiro atoms. The quantitative estimate of drug-likeness (QED) is 0.877. The Hall–Kier alpha value is -1.35. The van der Waals surface area contributed by atoms with Crippen LogP contribution in [0.25, 0.3) is 11.1 Å². The van der Waals surface area contributed by atoms with E-state index in [1.54, 1.807) is 0 Å². The van der Waals surface area contributed by atoms with Crippen LogP contribution in [0, 0.1) is 12.3 Å². The molecular formula is C14H18N2O. The first-order chi connectivity index (χ1) is 8.21. The molecule has 1 aliphatic carbocycles. The minimum atomic E-state index is 0.501. The third kappa shape index (κ3) is 2.07. The van der Waals surface area contributed by atoms with Crippen LogP contribution in [-0.2, 0) is 6.42 Å². The van der Waals surface area contributed by atoms with Crippen LogP contribution in [0.2, 0.25) is 0 Å². The first-order valence-corrected chi connectivity index (χ1v) is 6.21. The highest BCUT2D eigenvalue weighted by Gasteiger charge is 2.41. The van der Waals surface area contributed by atoms with Crippen LogP contribution in [0.5, 0.6) is 0 Å². The molecule has 17 heavy (non-hydrogen) atoms. The van der Waals surface area contributed by atoms with E-state index in [9.17, 15) is 0 Å². The Morgan fingerprint density at radius 3 is 2.94 bits per heavy atom. The molecule has 1 fully saturated rings. The topological polar surface area (TPSA) is 38.1 Å². The molecule has 90 valence electrons. The third-order valence-corrected chi connectivity index (χ3v) is 3.65. The smallest absolute Gasteiger partial charge is 0.192 e. The Kier molecular flexibility index (Phi) is 2.44. The zero-order chi connectivity index (χ0) is 11.9. The van der Waals surface area contributed by atoms with E-state index < -0.39 is 0 Å². The van der Waals surface area contributed by atoms with E-state index in [1.165, 1.54) is 18.4 Å². The molecule has 0 radical (unpaired) electrons. The van der Waals surface area contributed by atoms with Gasteiger partial charge in [0.25, 0.3) is 0 Å². The molecule has 0 atom stereocenters. The molecule has 2 aromatic rings. The van der Waals surface area contributed by atoms with Crippen LogP contribution in [0.1, 0.15) is 24.3 Å². The molecule has 3 heteroatoms. The molecule has 0 bridgehead atoms. The Balaban J connectivity index is 1.85. The summed E-state index contributed by atoms with van der Waals surface area (Å²) in [4.78, 5) is 4.39. The number of oxazole rings is 1. The molecule has 1 saturated carbocycles. The Labute approximate surface area is 101 Å². The fourth-order valence-corrected chi connectivity index (χ4v) is 2.60. The van der Waals surface area contributed by atoms with E-state index >= 15 is 0 Å². The lowest BCUT2D eigenvalue weighted by Crippen LogP contribution is -2.21. The van der Waals surface area contributed by atoms with Gasteiger partial charge < -0.3 is 9.73 Å². The molecule has 0 saturated heterocycles. The van der Waals surface area contributed by atoms with Gasteiger partial charge in [-0.3, -0.25) is 0 Å². The third-order valence-electron chi connectivity index (χ3n) is 3.65. The predicted molar refractivity (Wildman–Crippen MR) is 68.0 cm³/mol. The zero-order valence-corrected chi connectivity index (χ0v) is 10.4. The highest BCUT2D eigenvalue weighted by molar-refractivity contribution is 5.73. The molecule has 1 heterocycles. The minimum Gasteiger partial charge on any atom is -0.441 e. The summed E-state index contributed by atoms with van der Waals surface area (Å²) in [6.45, 7) is 3.01. The largest absolute Gasteiger partial charge is 0.441 e. The van der Waals surface area contributed by atoms with Gasteiger partial charge in [-0.2, -0.15) is 0 Å². The van der Waals surface area contributed by atoms with Crippen LogP contribution >= 0.6 is 0 Å². The number of aromatic nitrogens is 1. The van der Waals surface area contributed by atoms with E-state index in [-0.39, 0.29) is 0 Å². The van der Waals surface area contributed by atoms with E-state index in [2.05, 4.69) is 22.4 Å². The van der Waals surface area contributed by atoms with E-state index in [4.69, 9.17) is 4.42 Å². The van der Waals surface area contributed by atoms with Gasteiger partial charge in [-0.1, -0.05) is 6.07 Å². The average molecular weight is 230 g/mol. The highest BCUT2D eigenvalue weighted by Crippen LogP contribution is 2.47. The van der Waals surface area contributed by atoms with Crippen molar-refractivity contribution in [2.75, 3.05) is 13.6 Å². The highest BCUT2D eigenvalue weighted by atomic mass is 16.3. The van der Waals surface area contributed by atoms with Crippen molar-refractivity contribution in [3.8, 4) is 0 Å². The summed E-state index contributed by atoms with van der Waals surface area (Å²) in [5.41, 5.74) is 3.75. The number of aryl methyl sites for hydroxylation is 1. The number of hydrogen-bond donors (Lipinski definition) is 1. The fraction of sp³-hybridized carbons (Fsp3) is 0.500. The fourth-order valence-electron chi connectivity index (χ4n) is 2.60. The Morgan fingerprint density at radius 2 is 2.24 bits per heavy atom. The number of fused-ring (bicyclic) bond motifs is 1. The molecule has 0 amide bonds. The van der Waals surface area contributed by atoms with Gasteiger partial charge in [0.15, 0.2) is 11.5 Å². The summed E-state index contributed by atoms with van der Waals surface area (Å²) >= 11 is 0. The SMILES string of the molecule is CNCC1(Cc2ccc3oc(C)nc3c2)CC1. The molecule has 1 N–H and O–H groups in total. The maximum Gasteiger partial charge on any atom is 0.192 e. The van der Waals surface area contributed by atoms with Crippen molar-refractivity contribution >= 4 is 11.1 Å². The van der Waals surface area contributed by atoms with Crippen LogP contribution in [0.15, 0.2) is 22.6 Å². The molecule has 1 aromatic heterocycles. The van der Waals surface area contributed by atoms with Gasteiger partial charge in [-0.05, 0) is 49.4 Å². The number of nitrogens with zero attached hydrogens (tertiary/aromatic N) is 1. The maximum absolute atomic E-state index is 5.49. The second-order valence-electron chi connectivity index (χ2n) is 5.24. The summed E-state index contributed by atoms with van der Waals surface area (Å²) in [7, 11) is 2.03. The Morgan fingerprint density at radius 1 is 1.41 bits per heavy atom. The van der Waals surface area contributed by atoms with Crippen LogP contribution in [-0.4, -0.2) is 18.6 Å². The van der Waals surface area contributed by atoms with Gasteiger partial charge in [0.1, 0.15) is 5.52 Å². The molecule has 0 aliphatic heterocycles. The Bertz CT molecular complexity index is 540. The van der Waals surface area contributed by atoms with E-state index in [0.717, 1.165) is 30.0 Å². The van der Waals surface area contributed by atoms with Gasteiger partial charge >= 0.3 is 0 Å². The lowest BCUT2D eigenvalue weighted by atomic mass is 9.96. The lowest BCUT2D eigenvalue weighted by Gasteiger charge is -2.14. The summed E-state index contributed by atoms with van der Waals surface area (Å²) in [6.07, 6.45) is 3.82. The normalized spacial score (nSPS) is 17.5. The van der Waals surface area contributed by atoms with Crippen molar-refractivity contribution in [2.24, 2.45) is 5.41 Å². The predicted octanol–water partition coefficient (Wildman–Crippen LogP) is 2.68. The summed E-state index contributed by atoms with van der Waals surface area (Å²) in [6, 6.07) is 6.38. The average Bonchev–Trinajstić information content (AvgIpc) is 2.91. The van der Waals surface area contributed by atoms with Gasteiger partial charge in [0.05, 0.1) is 0 Å². The summed E-state index contributed by atoms with van der Waals surface area (Å²) in [5.74, 6) is 0.744. The lowest BCUT2D eigenvalue weighted by molar-refractivity contribution is 0.478. The van der Waals surface area contributed by atoms with Crippen LogP contribution in [0.4, 0.5) is 0 Å². The van der Waals surface area contributed by atoms with Crippen molar-refractivity contribution in [3.63, 3.8) is 0 Å². The summed E-state index contributed by atoms with van der Waals surface area (Å²) in [5, 5.41) is 3.30. The van der Waals surface area contributed by atoms with Crippen molar-refractivity contribution in [1.29, 1.82) is 0 Å². The second kappa shape index (κ2) is 3.84. The minimum absolute atomic E-state index is 0.501. The van der Waals surface area contributed by atoms with Gasteiger partial charge in [-0.15, -0.1) is 0 Å². The number of hydrogen-bond acceptors (Lipinski definition) is 3.